The molecule has 1 saturated heterocycles. The van der Waals surface area contributed by atoms with E-state index in [1.807, 2.05) is 18.2 Å². The van der Waals surface area contributed by atoms with Gasteiger partial charge in [-0.25, -0.2) is 13.2 Å². The molecule has 0 aliphatic carbocycles. The van der Waals surface area contributed by atoms with E-state index in [1.165, 1.54) is 11.8 Å². The number of piperidine rings is 1. The SMILES string of the molecule is COc1ccc2ncc(CN)c([C@@H](O)CCC3(CO)CCN(CCSc4cc(F)c(F)c(F)c4)CC3)c2c1. The first-order valence-electron chi connectivity index (χ1n) is 12.7. The van der Waals surface area contributed by atoms with Gasteiger partial charge in [-0.15, -0.1) is 11.8 Å². The van der Waals surface area contributed by atoms with E-state index in [-0.39, 0.29) is 18.6 Å². The van der Waals surface area contributed by atoms with Crippen LogP contribution in [-0.2, 0) is 6.54 Å². The Morgan fingerprint density at radius 1 is 1.16 bits per heavy atom. The lowest BCUT2D eigenvalue weighted by Gasteiger charge is -2.41. The third-order valence-corrected chi connectivity index (χ3v) is 8.54. The summed E-state index contributed by atoms with van der Waals surface area (Å²) >= 11 is 1.28. The molecular weight excluding hydrogens is 515 g/mol. The molecule has 3 aromatic rings. The van der Waals surface area contributed by atoms with Crippen molar-refractivity contribution in [2.24, 2.45) is 11.1 Å². The number of likely N-dealkylation sites (tertiary alicyclic amines) is 1. The van der Waals surface area contributed by atoms with Gasteiger partial charge >= 0.3 is 0 Å². The molecule has 0 spiro atoms. The minimum absolute atomic E-state index is 0.0328. The number of hydrogen-bond donors (Lipinski definition) is 3. The summed E-state index contributed by atoms with van der Waals surface area (Å²) in [5.41, 5.74) is 7.97. The summed E-state index contributed by atoms with van der Waals surface area (Å²) in [7, 11) is 1.59. The van der Waals surface area contributed by atoms with Gasteiger partial charge in [0, 0.05) is 41.9 Å². The molecule has 0 bridgehead atoms. The fraction of sp³-hybridized carbons (Fsp3) is 0.464. The van der Waals surface area contributed by atoms with Crippen molar-refractivity contribution in [1.29, 1.82) is 0 Å². The first-order chi connectivity index (χ1) is 18.3. The number of aromatic nitrogens is 1. The highest BCUT2D eigenvalue weighted by Gasteiger charge is 2.34. The van der Waals surface area contributed by atoms with Crippen molar-refractivity contribution < 1.29 is 28.1 Å². The minimum atomic E-state index is -1.45. The summed E-state index contributed by atoms with van der Waals surface area (Å²) in [5.74, 6) is -2.54. The van der Waals surface area contributed by atoms with E-state index in [0.29, 0.717) is 35.8 Å². The van der Waals surface area contributed by atoms with Crippen molar-refractivity contribution in [2.45, 2.75) is 43.2 Å². The van der Waals surface area contributed by atoms with E-state index in [4.69, 9.17) is 10.5 Å². The van der Waals surface area contributed by atoms with Gasteiger partial charge in [-0.3, -0.25) is 4.98 Å². The maximum atomic E-state index is 13.4. The van der Waals surface area contributed by atoms with E-state index in [1.54, 1.807) is 13.3 Å². The number of hydrogen-bond acceptors (Lipinski definition) is 7. The van der Waals surface area contributed by atoms with Gasteiger partial charge in [0.05, 0.1) is 18.7 Å². The van der Waals surface area contributed by atoms with Crippen molar-refractivity contribution in [3.8, 4) is 5.75 Å². The molecule has 2 aromatic carbocycles. The van der Waals surface area contributed by atoms with Crippen LogP contribution in [0.25, 0.3) is 10.9 Å². The van der Waals surface area contributed by atoms with Crippen LogP contribution >= 0.6 is 11.8 Å². The van der Waals surface area contributed by atoms with Crippen molar-refractivity contribution in [3.05, 3.63) is 65.1 Å². The number of fused-ring (bicyclic) bond motifs is 1. The molecular formula is C28H34F3N3O3S. The highest BCUT2D eigenvalue weighted by atomic mass is 32.2. The molecule has 0 radical (unpaired) electrons. The summed E-state index contributed by atoms with van der Waals surface area (Å²) in [5, 5.41) is 22.4. The molecule has 6 nitrogen and oxygen atoms in total. The number of rotatable bonds is 11. The number of halogens is 3. The molecule has 1 aromatic heterocycles. The fourth-order valence-corrected chi connectivity index (χ4v) is 6.11. The van der Waals surface area contributed by atoms with Crippen LogP contribution in [0.5, 0.6) is 5.75 Å². The summed E-state index contributed by atoms with van der Waals surface area (Å²) in [6, 6.07) is 7.58. The summed E-state index contributed by atoms with van der Waals surface area (Å²) < 4.78 is 45.4. The summed E-state index contributed by atoms with van der Waals surface area (Å²) in [4.78, 5) is 7.08. The number of methoxy groups -OCH3 is 1. The van der Waals surface area contributed by atoms with E-state index < -0.39 is 23.6 Å². The maximum absolute atomic E-state index is 13.4. The van der Waals surface area contributed by atoms with Gasteiger partial charge in [0.15, 0.2) is 17.5 Å². The monoisotopic (exact) mass is 549 g/mol. The highest BCUT2D eigenvalue weighted by molar-refractivity contribution is 7.99. The number of ether oxygens (including phenoxy) is 1. The molecule has 0 saturated carbocycles. The van der Waals surface area contributed by atoms with Gasteiger partial charge < -0.3 is 25.6 Å². The van der Waals surface area contributed by atoms with Gasteiger partial charge in [-0.2, -0.15) is 0 Å². The Labute approximate surface area is 225 Å². The van der Waals surface area contributed by atoms with Gasteiger partial charge in [0.25, 0.3) is 0 Å². The van der Waals surface area contributed by atoms with E-state index >= 15 is 0 Å². The van der Waals surface area contributed by atoms with Crippen LogP contribution < -0.4 is 10.5 Å². The van der Waals surface area contributed by atoms with E-state index in [9.17, 15) is 23.4 Å². The van der Waals surface area contributed by atoms with E-state index in [0.717, 1.165) is 60.1 Å². The van der Waals surface area contributed by atoms with Crippen LogP contribution in [-0.4, -0.2) is 59.2 Å². The molecule has 10 heteroatoms. The Morgan fingerprint density at radius 2 is 1.87 bits per heavy atom. The van der Waals surface area contributed by atoms with Crippen LogP contribution in [0.15, 0.2) is 41.4 Å². The van der Waals surface area contributed by atoms with Crippen molar-refractivity contribution in [3.63, 3.8) is 0 Å². The average Bonchev–Trinajstić information content (AvgIpc) is 2.94. The normalized spacial score (nSPS) is 16.6. The van der Waals surface area contributed by atoms with Crippen molar-refractivity contribution in [1.82, 2.24) is 9.88 Å². The second-order valence-electron chi connectivity index (χ2n) is 9.89. The first kappa shape index (κ1) is 28.6. The molecule has 1 aliphatic rings. The number of aliphatic hydroxyl groups is 2. The molecule has 1 aliphatic heterocycles. The molecule has 4 rings (SSSR count). The molecule has 0 unspecified atom stereocenters. The standard InChI is InChI=1S/C28H34F3N3O3S/c1-37-19-2-3-24-21(12-19)26(18(15-32)16-33-24)25(36)4-5-28(17-35)6-8-34(9-7-28)10-11-38-20-13-22(29)27(31)23(30)14-20/h2-3,12-14,16,25,35-36H,4-11,15,17,32H2,1H3/t25-/m0/s1. The zero-order chi connectivity index (χ0) is 27.3. The lowest BCUT2D eigenvalue weighted by atomic mass is 9.74. The van der Waals surface area contributed by atoms with E-state index in [2.05, 4.69) is 9.88 Å². The smallest absolute Gasteiger partial charge is 0.194 e. The Morgan fingerprint density at radius 3 is 2.50 bits per heavy atom. The zero-order valence-electron chi connectivity index (χ0n) is 21.4. The second-order valence-corrected chi connectivity index (χ2v) is 11.1. The fourth-order valence-electron chi connectivity index (χ4n) is 5.15. The molecule has 38 heavy (non-hydrogen) atoms. The summed E-state index contributed by atoms with van der Waals surface area (Å²) in [6.07, 6.45) is 3.62. The van der Waals surface area contributed by atoms with Gasteiger partial charge in [0.1, 0.15) is 5.75 Å². The number of benzene rings is 2. The van der Waals surface area contributed by atoms with Crippen LogP contribution in [0, 0.1) is 22.9 Å². The number of nitrogens with zero attached hydrogens (tertiary/aromatic N) is 2. The van der Waals surface area contributed by atoms with Crippen LogP contribution in [0.1, 0.15) is 42.9 Å². The number of thioether (sulfide) groups is 1. The highest BCUT2D eigenvalue weighted by Crippen LogP contribution is 2.40. The van der Waals surface area contributed by atoms with Crippen LogP contribution in [0.3, 0.4) is 0 Å². The molecule has 4 N–H and O–H groups in total. The number of pyridine rings is 1. The second kappa shape index (κ2) is 12.7. The zero-order valence-corrected chi connectivity index (χ0v) is 22.2. The summed E-state index contributed by atoms with van der Waals surface area (Å²) in [6.45, 7) is 2.53. The lowest BCUT2D eigenvalue weighted by Crippen LogP contribution is -2.43. The number of nitrogens with two attached hydrogens (primary N) is 1. The van der Waals surface area contributed by atoms with Crippen LogP contribution in [0.4, 0.5) is 13.2 Å². The lowest BCUT2D eigenvalue weighted by molar-refractivity contribution is 0.0253. The topological polar surface area (TPSA) is 91.8 Å². The quantitative estimate of drug-likeness (QED) is 0.234. The minimum Gasteiger partial charge on any atom is -0.497 e. The maximum Gasteiger partial charge on any atom is 0.194 e. The average molecular weight is 550 g/mol. The predicted octanol–water partition coefficient (Wildman–Crippen LogP) is 4.80. The van der Waals surface area contributed by atoms with Gasteiger partial charge in [-0.1, -0.05) is 0 Å². The molecule has 1 fully saturated rings. The Hall–Kier alpha value is -2.37. The first-order valence-corrected chi connectivity index (χ1v) is 13.7. The predicted molar refractivity (Wildman–Crippen MR) is 143 cm³/mol. The largest absolute Gasteiger partial charge is 0.497 e. The van der Waals surface area contributed by atoms with Gasteiger partial charge in [0.2, 0.25) is 0 Å². The van der Waals surface area contributed by atoms with Crippen molar-refractivity contribution in [2.75, 3.05) is 39.1 Å². The Balaban J connectivity index is 1.34. The molecule has 2 heterocycles. The third kappa shape index (κ3) is 6.43. The van der Waals surface area contributed by atoms with Crippen LogP contribution in [0.2, 0.25) is 0 Å². The Bertz CT molecular complexity index is 1230. The number of aliphatic hydroxyl groups excluding tert-OH is 2. The van der Waals surface area contributed by atoms with Gasteiger partial charge in [-0.05, 0) is 85.6 Å². The third-order valence-electron chi connectivity index (χ3n) is 7.59. The molecule has 0 amide bonds. The van der Waals surface area contributed by atoms with Crippen molar-refractivity contribution >= 4 is 22.7 Å². The Kier molecular flexibility index (Phi) is 9.54. The molecule has 206 valence electrons. The molecule has 1 atom stereocenters.